The molecule has 0 saturated carbocycles. The van der Waals surface area contributed by atoms with E-state index in [2.05, 4.69) is 36.1 Å². The highest BCUT2D eigenvalue weighted by atomic mass is 16.5. The lowest BCUT2D eigenvalue weighted by Gasteiger charge is -2.36. The van der Waals surface area contributed by atoms with Gasteiger partial charge in [0.25, 0.3) is 5.91 Å². The van der Waals surface area contributed by atoms with E-state index < -0.39 is 0 Å². The molecule has 1 atom stereocenters. The number of amides is 1. The number of aryl methyl sites for hydroxylation is 1. The monoisotopic (exact) mass is 380 g/mol. The Morgan fingerprint density at radius 2 is 1.93 bits per heavy atom. The van der Waals surface area contributed by atoms with Crippen LogP contribution in [0.5, 0.6) is 5.75 Å². The highest BCUT2D eigenvalue weighted by Gasteiger charge is 2.23. The molecule has 2 aromatic carbocycles. The fraction of sp³-hybridized carbons (Fsp3) is 0.435. The van der Waals surface area contributed by atoms with Crippen molar-refractivity contribution in [3.05, 3.63) is 59.7 Å². The van der Waals surface area contributed by atoms with E-state index in [0.717, 1.165) is 51.4 Å². The number of carbonyl (C=O) groups is 1. The van der Waals surface area contributed by atoms with Gasteiger partial charge in [0, 0.05) is 44.0 Å². The summed E-state index contributed by atoms with van der Waals surface area (Å²) < 4.78 is 11.4. The molecule has 0 N–H and O–H groups in total. The van der Waals surface area contributed by atoms with E-state index in [4.69, 9.17) is 9.47 Å². The van der Waals surface area contributed by atoms with Gasteiger partial charge in [-0.1, -0.05) is 18.2 Å². The quantitative estimate of drug-likeness (QED) is 0.796. The van der Waals surface area contributed by atoms with Crippen molar-refractivity contribution in [2.75, 3.05) is 44.3 Å². The topological polar surface area (TPSA) is 42.0 Å². The molecule has 4 rings (SSSR count). The summed E-state index contributed by atoms with van der Waals surface area (Å²) >= 11 is 0. The Labute approximate surface area is 166 Å². The van der Waals surface area contributed by atoms with E-state index in [1.807, 2.05) is 29.2 Å². The highest BCUT2D eigenvalue weighted by molar-refractivity contribution is 5.94. The zero-order chi connectivity index (χ0) is 19.3. The number of piperazine rings is 1. The Kier molecular flexibility index (Phi) is 5.81. The first-order valence-corrected chi connectivity index (χ1v) is 10.1. The number of rotatable bonds is 5. The van der Waals surface area contributed by atoms with Gasteiger partial charge in [0.1, 0.15) is 12.4 Å². The standard InChI is InChI=1S/C23H28N2O3/c1-18-5-2-7-20(15-18)24-10-12-25(13-11-24)23(26)19-6-3-8-21(16-19)28-17-22-9-4-14-27-22/h2-3,5-8,15-16,22H,4,9-14,17H2,1H3. The summed E-state index contributed by atoms with van der Waals surface area (Å²) in [7, 11) is 0. The fourth-order valence-corrected chi connectivity index (χ4v) is 3.86. The van der Waals surface area contributed by atoms with Gasteiger partial charge >= 0.3 is 0 Å². The molecule has 2 heterocycles. The number of hydrogen-bond acceptors (Lipinski definition) is 4. The van der Waals surface area contributed by atoms with Gasteiger partial charge in [0.05, 0.1) is 6.10 Å². The van der Waals surface area contributed by atoms with E-state index in [0.29, 0.717) is 12.2 Å². The van der Waals surface area contributed by atoms with Crippen LogP contribution < -0.4 is 9.64 Å². The zero-order valence-corrected chi connectivity index (χ0v) is 16.5. The minimum atomic E-state index is 0.0754. The van der Waals surface area contributed by atoms with Crippen molar-refractivity contribution in [3.63, 3.8) is 0 Å². The third-order valence-electron chi connectivity index (χ3n) is 5.47. The average molecular weight is 380 g/mol. The van der Waals surface area contributed by atoms with E-state index in [1.165, 1.54) is 11.3 Å². The van der Waals surface area contributed by atoms with Crippen molar-refractivity contribution in [3.8, 4) is 5.75 Å². The van der Waals surface area contributed by atoms with Gasteiger partial charge in [-0.3, -0.25) is 4.79 Å². The predicted molar refractivity (Wildman–Crippen MR) is 110 cm³/mol. The second-order valence-electron chi connectivity index (χ2n) is 7.59. The van der Waals surface area contributed by atoms with Gasteiger partial charge in [0.2, 0.25) is 0 Å². The molecule has 2 fully saturated rings. The van der Waals surface area contributed by atoms with Crippen LogP contribution in [-0.2, 0) is 4.74 Å². The predicted octanol–water partition coefficient (Wildman–Crippen LogP) is 3.52. The number of benzene rings is 2. The molecule has 0 aromatic heterocycles. The maximum atomic E-state index is 12.9. The summed E-state index contributed by atoms with van der Waals surface area (Å²) in [6.07, 6.45) is 2.32. The van der Waals surface area contributed by atoms with Crippen LogP contribution in [0.25, 0.3) is 0 Å². The summed E-state index contributed by atoms with van der Waals surface area (Å²) in [6.45, 7) is 6.64. The lowest BCUT2D eigenvalue weighted by atomic mass is 10.1. The summed E-state index contributed by atoms with van der Waals surface area (Å²) in [5, 5.41) is 0. The van der Waals surface area contributed by atoms with Crippen LogP contribution in [0.15, 0.2) is 48.5 Å². The summed E-state index contributed by atoms with van der Waals surface area (Å²) in [6, 6.07) is 16.0. The van der Waals surface area contributed by atoms with Crippen molar-refractivity contribution >= 4 is 11.6 Å². The molecular weight excluding hydrogens is 352 g/mol. The Morgan fingerprint density at radius 1 is 1.11 bits per heavy atom. The Morgan fingerprint density at radius 3 is 2.68 bits per heavy atom. The molecule has 2 saturated heterocycles. The molecule has 148 valence electrons. The molecule has 28 heavy (non-hydrogen) atoms. The first-order valence-electron chi connectivity index (χ1n) is 10.1. The first-order chi connectivity index (χ1) is 13.7. The number of hydrogen-bond donors (Lipinski definition) is 0. The van der Waals surface area contributed by atoms with Gasteiger partial charge in [-0.25, -0.2) is 0 Å². The molecule has 0 radical (unpaired) electrons. The summed E-state index contributed by atoms with van der Waals surface area (Å²) in [5.41, 5.74) is 3.18. The Balaban J connectivity index is 1.34. The maximum absolute atomic E-state index is 12.9. The van der Waals surface area contributed by atoms with Gasteiger partial charge in [0.15, 0.2) is 0 Å². The zero-order valence-electron chi connectivity index (χ0n) is 16.5. The van der Waals surface area contributed by atoms with Crippen molar-refractivity contribution in [1.82, 2.24) is 4.90 Å². The average Bonchev–Trinajstić information content (AvgIpc) is 3.26. The van der Waals surface area contributed by atoms with E-state index in [1.54, 1.807) is 0 Å². The van der Waals surface area contributed by atoms with Crippen LogP contribution in [0.3, 0.4) is 0 Å². The molecule has 0 spiro atoms. The lowest BCUT2D eigenvalue weighted by Crippen LogP contribution is -2.48. The minimum Gasteiger partial charge on any atom is -0.491 e. The van der Waals surface area contributed by atoms with Crippen LogP contribution >= 0.6 is 0 Å². The highest BCUT2D eigenvalue weighted by Crippen LogP contribution is 2.21. The second-order valence-corrected chi connectivity index (χ2v) is 7.59. The Hall–Kier alpha value is -2.53. The largest absolute Gasteiger partial charge is 0.491 e. The van der Waals surface area contributed by atoms with Gasteiger partial charge in [-0.15, -0.1) is 0 Å². The third-order valence-corrected chi connectivity index (χ3v) is 5.47. The minimum absolute atomic E-state index is 0.0754. The van der Waals surface area contributed by atoms with Crippen molar-refractivity contribution in [1.29, 1.82) is 0 Å². The molecular formula is C23H28N2O3. The molecule has 1 unspecified atom stereocenters. The van der Waals surface area contributed by atoms with E-state index in [9.17, 15) is 4.79 Å². The van der Waals surface area contributed by atoms with Gasteiger partial charge < -0.3 is 19.3 Å². The molecule has 0 aliphatic carbocycles. The molecule has 0 bridgehead atoms. The van der Waals surface area contributed by atoms with Crippen molar-refractivity contribution < 1.29 is 14.3 Å². The van der Waals surface area contributed by atoms with Crippen molar-refractivity contribution in [2.45, 2.75) is 25.9 Å². The number of ether oxygens (including phenoxy) is 2. The summed E-state index contributed by atoms with van der Waals surface area (Å²) in [5.74, 6) is 0.811. The van der Waals surface area contributed by atoms with Crippen LogP contribution in [-0.4, -0.2) is 56.3 Å². The third kappa shape index (κ3) is 4.47. The molecule has 1 amide bonds. The van der Waals surface area contributed by atoms with E-state index in [-0.39, 0.29) is 12.0 Å². The van der Waals surface area contributed by atoms with Crippen LogP contribution in [0.1, 0.15) is 28.8 Å². The molecule has 2 aromatic rings. The van der Waals surface area contributed by atoms with Gasteiger partial charge in [-0.2, -0.15) is 0 Å². The molecule has 2 aliphatic rings. The maximum Gasteiger partial charge on any atom is 0.254 e. The number of carbonyl (C=O) groups excluding carboxylic acids is 1. The summed E-state index contributed by atoms with van der Waals surface area (Å²) in [4.78, 5) is 17.2. The van der Waals surface area contributed by atoms with Crippen molar-refractivity contribution in [2.24, 2.45) is 0 Å². The Bertz CT molecular complexity index is 809. The first kappa shape index (κ1) is 18.8. The molecule has 2 aliphatic heterocycles. The normalized spacial score (nSPS) is 19.7. The molecule has 5 heteroatoms. The second kappa shape index (κ2) is 8.65. The van der Waals surface area contributed by atoms with Crippen LogP contribution in [0, 0.1) is 6.92 Å². The lowest BCUT2D eigenvalue weighted by molar-refractivity contribution is 0.0677. The van der Waals surface area contributed by atoms with Crippen LogP contribution in [0.4, 0.5) is 5.69 Å². The number of nitrogens with zero attached hydrogens (tertiary/aromatic N) is 2. The fourth-order valence-electron chi connectivity index (χ4n) is 3.86. The smallest absolute Gasteiger partial charge is 0.254 e. The number of anilines is 1. The molecule has 5 nitrogen and oxygen atoms in total. The van der Waals surface area contributed by atoms with Gasteiger partial charge in [-0.05, 0) is 55.7 Å². The SMILES string of the molecule is Cc1cccc(N2CCN(C(=O)c3cccc(OCC4CCCO4)c3)CC2)c1. The van der Waals surface area contributed by atoms with Crippen LogP contribution in [0.2, 0.25) is 0 Å². The van der Waals surface area contributed by atoms with E-state index >= 15 is 0 Å².